The minimum absolute atomic E-state index is 0. The molecule has 0 radical (unpaired) electrons. The smallest absolute Gasteiger partial charge is 0.344 e. The van der Waals surface area contributed by atoms with Crippen molar-refractivity contribution in [2.45, 2.75) is 189 Å². The first-order valence-corrected chi connectivity index (χ1v) is 33.5. The maximum atomic E-state index is 14.5. The zero-order chi connectivity index (χ0) is 69.0. The first kappa shape index (κ1) is 74.4. The van der Waals surface area contributed by atoms with Crippen molar-refractivity contribution in [3.63, 3.8) is 0 Å². The van der Waals surface area contributed by atoms with Crippen molar-refractivity contribution >= 4 is 77.3 Å². The van der Waals surface area contributed by atoms with Crippen LogP contribution in [0.15, 0.2) is 67.8 Å². The van der Waals surface area contributed by atoms with E-state index in [1.54, 1.807) is 37.7 Å². The summed E-state index contributed by atoms with van der Waals surface area (Å²) in [5.74, 6) is -7.88. The van der Waals surface area contributed by atoms with Crippen molar-refractivity contribution in [3.8, 4) is 5.00 Å². The minimum atomic E-state index is -5.35. The number of phosphoric ester groups is 1. The summed E-state index contributed by atoms with van der Waals surface area (Å²) in [6.07, 6.45) is -5.38. The van der Waals surface area contributed by atoms with E-state index in [1.807, 2.05) is 53.7 Å². The van der Waals surface area contributed by atoms with Gasteiger partial charge in [-0.1, -0.05) is 0 Å². The quantitative estimate of drug-likeness (QED) is 0.0575. The molecule has 8 bridgehead atoms. The predicted octanol–water partition coefficient (Wildman–Crippen LogP) is 2.88. The number of nitrogens with one attached hydrogen (secondary N) is 1. The number of benzene rings is 1. The number of allylic oxidation sites excluding steroid dienone is 6. The Labute approximate surface area is 552 Å². The van der Waals surface area contributed by atoms with Gasteiger partial charge in [0.1, 0.15) is 18.3 Å². The van der Waals surface area contributed by atoms with Crippen LogP contribution in [0.2, 0.25) is 0 Å². The average molecular weight is 1370 g/mol. The number of aliphatic hydroxyl groups is 2. The molecule has 31 heteroatoms. The molecule has 516 valence electrons. The first-order valence-electron chi connectivity index (χ1n) is 31.0. The van der Waals surface area contributed by atoms with Crippen LogP contribution in [0.25, 0.3) is 11.0 Å². The number of carbonyl (C=O) groups is 7. The van der Waals surface area contributed by atoms with Gasteiger partial charge in [0.15, 0.2) is 6.23 Å². The fourth-order valence-electron chi connectivity index (χ4n) is 15.7. The summed E-state index contributed by atoms with van der Waals surface area (Å²) in [5.41, 5.74) is 36.3. The Balaban J connectivity index is 0.0000125. The van der Waals surface area contributed by atoms with Crippen LogP contribution in [0.3, 0.4) is 0 Å². The average Bonchev–Trinajstić information content (AvgIpc) is 1.51. The van der Waals surface area contributed by atoms with Crippen LogP contribution in [-0.2, 0) is 66.8 Å². The molecule has 8 rings (SSSR count). The van der Waals surface area contributed by atoms with E-state index in [0.717, 1.165) is 11.1 Å². The number of hydrogen-bond acceptors (Lipinski definition) is 21. The molecule has 18 N–H and O–H groups in total. The number of primary amides is 6. The third-order valence-corrected chi connectivity index (χ3v) is 23.0. The number of carbonyl (C=O) groups excluding carboxylic acids is 7. The second-order valence-corrected chi connectivity index (χ2v) is 29.5. The Hall–Kier alpha value is -7.04. The molecule has 2 fully saturated rings. The van der Waals surface area contributed by atoms with E-state index in [4.69, 9.17) is 63.2 Å². The van der Waals surface area contributed by atoms with Gasteiger partial charge in [0.25, 0.3) is 7.82 Å². The molecule has 2 unspecified atom stereocenters. The van der Waals surface area contributed by atoms with E-state index < -0.39 is 143 Å². The third kappa shape index (κ3) is 13.8. The van der Waals surface area contributed by atoms with Gasteiger partial charge in [0, 0.05) is 0 Å². The summed E-state index contributed by atoms with van der Waals surface area (Å²) < 4.78 is 33.7. The predicted molar refractivity (Wildman–Crippen MR) is 341 cm³/mol. The van der Waals surface area contributed by atoms with Crippen LogP contribution in [0, 0.1) is 69.4 Å². The Bertz CT molecular complexity index is 3710. The second kappa shape index (κ2) is 28.0. The van der Waals surface area contributed by atoms with E-state index >= 15 is 0 Å². The summed E-state index contributed by atoms with van der Waals surface area (Å²) in [6, 6.07) is 2.56. The van der Waals surface area contributed by atoms with E-state index in [1.165, 1.54) is 17.8 Å². The standard InChI is InChI=1S/C62H90N13O14P.CN.Co.H3N/c1-29-20-39-40(21-30(29)2)75(28-70-39)57-52(84)53(41(27-76)87-57)89-90(85,86)88-31(3)26-69-49(83)18-19-59(8)37(22-46(66)80)56-62(11)61(10,25-48(68)82)36(14-17-45(65)79)51(74-62)33(5)55-60(9,24-47(67)81)34(12-15-43(63)77)38(71-55)23-42-58(6,7)35(13-16-44(64)78)50(72-42)32(4)54(59)73-56;1-2;;/h20-21,23,28,31,34-37,41,52-53,56-57,76,84H,12-19,22,24-27H2,1-11H3,(H15,63,64,65,66,67,68,69,71,72,73,74,77,78,79,80,81,82,83,85,86);;;1H3/q;;+2;/p-2/t31?,34-,35-,36-,37+,41-,52-,53-,56-,57+,59-,60+,61+,62+;;;/m1.../s1. The molecule has 2 saturated heterocycles. The van der Waals surface area contributed by atoms with Crippen molar-refractivity contribution in [1.29, 1.82) is 5.26 Å². The number of aliphatic imine (C=N–C) groups is 3. The normalized spacial score (nSPS) is 33.2. The minimum Gasteiger partial charge on any atom is -0.344 e. The summed E-state index contributed by atoms with van der Waals surface area (Å²) >= 11 is 0.0230. The van der Waals surface area contributed by atoms with Crippen molar-refractivity contribution in [2.24, 2.45) is 94.7 Å². The number of rotatable bonds is 27. The van der Waals surface area contributed by atoms with Crippen LogP contribution >= 0.6 is 7.82 Å². The second-order valence-electron chi connectivity index (χ2n) is 27.3. The number of nitriles is 1. The Kier molecular flexibility index (Phi) is 22.1. The van der Waals surface area contributed by atoms with Gasteiger partial charge >= 0.3 is 417 Å². The summed E-state index contributed by atoms with van der Waals surface area (Å²) in [5, 5.41) is 37.9. The van der Waals surface area contributed by atoms with Gasteiger partial charge in [-0.25, -0.2) is 4.98 Å². The molecule has 7 heterocycles. The van der Waals surface area contributed by atoms with Crippen molar-refractivity contribution in [2.75, 3.05) is 13.2 Å². The number of ether oxygens (including phenoxy) is 1. The summed E-state index contributed by atoms with van der Waals surface area (Å²) in [4.78, 5) is 129. The molecule has 6 aliphatic heterocycles. The third-order valence-electron chi connectivity index (χ3n) is 20.8. The number of amides is 7. The molecular formula is C63H91CoN15O14P. The van der Waals surface area contributed by atoms with Gasteiger partial charge in [-0.15, -0.1) is 0 Å². The van der Waals surface area contributed by atoms with Crippen LogP contribution in [0.5, 0.6) is 0 Å². The number of nitrogens with two attached hydrogens (primary N) is 6. The van der Waals surface area contributed by atoms with Crippen LogP contribution in [0.4, 0.5) is 0 Å². The molecule has 0 saturated carbocycles. The van der Waals surface area contributed by atoms with Crippen LogP contribution in [-0.4, -0.2) is 131 Å². The number of fused-ring (bicyclic) bond motifs is 7. The molecular weight excluding hydrogens is 1280 g/mol. The van der Waals surface area contributed by atoms with Gasteiger partial charge in [0.2, 0.25) is 0 Å². The number of aromatic nitrogens is 2. The number of nitrogens with zero attached hydrogens (tertiary/aromatic N) is 7. The van der Waals surface area contributed by atoms with Gasteiger partial charge in [-0.05, 0) is 37.1 Å². The zero-order valence-electron chi connectivity index (χ0n) is 55.2. The van der Waals surface area contributed by atoms with Gasteiger partial charge < -0.3 is 35.1 Å². The summed E-state index contributed by atoms with van der Waals surface area (Å²) in [7, 11) is -5.35. The van der Waals surface area contributed by atoms with E-state index in [0.29, 0.717) is 56.4 Å². The molecule has 0 spiro atoms. The van der Waals surface area contributed by atoms with Gasteiger partial charge in [0.05, 0.1) is 24.0 Å². The first-order chi connectivity index (χ1) is 43.3. The molecule has 7 amide bonds. The molecule has 1 aromatic carbocycles. The Morgan fingerprint density at radius 2 is 1.41 bits per heavy atom. The number of aliphatic hydroxyl groups excluding tert-OH is 2. The van der Waals surface area contributed by atoms with Crippen molar-refractivity contribution in [1.82, 2.24) is 25.0 Å². The van der Waals surface area contributed by atoms with E-state index in [9.17, 15) is 58.5 Å². The number of hydrogen-bond donors (Lipinski definition) is 10. The molecule has 1 aromatic heterocycles. The Morgan fingerprint density at radius 3 is 1.99 bits per heavy atom. The Morgan fingerprint density at radius 1 is 0.819 bits per heavy atom. The van der Waals surface area contributed by atoms with Crippen molar-refractivity contribution in [3.05, 3.63) is 63.9 Å². The van der Waals surface area contributed by atoms with Crippen molar-refractivity contribution < 1.29 is 81.9 Å². The molecule has 15 atom stereocenters. The molecule has 2 aromatic rings. The molecule has 29 nitrogen and oxygen atoms in total. The zero-order valence-corrected chi connectivity index (χ0v) is 57.1. The number of phosphoric acid groups is 1. The molecule has 94 heavy (non-hydrogen) atoms. The van der Waals surface area contributed by atoms with Crippen LogP contribution in [0.1, 0.15) is 150 Å². The molecule has 0 aliphatic carbocycles. The monoisotopic (exact) mass is 1370 g/mol. The topological polar surface area (TPSA) is 513 Å². The van der Waals surface area contributed by atoms with Gasteiger partial charge in [-0.3, -0.25) is 4.57 Å². The number of aryl methyl sites for hydroxylation is 2. The van der Waals surface area contributed by atoms with Gasteiger partial charge in [-0.2, -0.15) is 0 Å². The summed E-state index contributed by atoms with van der Waals surface area (Å²) in [6.45, 7) is 18.8. The fraction of sp³-hybridized carbons (Fsp3) is 0.619. The number of imidazole rings is 1. The fourth-order valence-corrected chi connectivity index (χ4v) is 18.0. The van der Waals surface area contributed by atoms with E-state index in [2.05, 4.69) is 15.3 Å². The maximum absolute atomic E-state index is 14.5. The SMILES string of the molecule is C/C1=C2N=C(/C=C3N=C(/C(C)=C4/[C@@H](CCC(N)=O)[C@](C)(CC(N)=O)[C@](C)([C@@H]5N=C1[C@](C)(CCC(=O)NCC(C)OP(=O)([O-])O[C@H]1[C@@H](O)[C@@H](n6cnc7cc(C)c(C)cc76)O[C@@H]1CO)[C@H]5CC(N)=O)[N]4[Co+][C]#N)[C@@](C)(CC(N)=O)[C@@H]\3CCC(N)=O)C(C)(C)[C@@H]/2CCC(N)=O.N. The molecule has 6 aliphatic rings. The van der Waals surface area contributed by atoms with E-state index in [-0.39, 0.29) is 98.2 Å². The van der Waals surface area contributed by atoms with Crippen LogP contribution < -0.4 is 50.8 Å².